The fourth-order valence-corrected chi connectivity index (χ4v) is 1.45. The van der Waals surface area contributed by atoms with E-state index in [0.29, 0.717) is 5.88 Å². The van der Waals surface area contributed by atoms with E-state index in [4.69, 9.17) is 16.3 Å². The van der Waals surface area contributed by atoms with Crippen molar-refractivity contribution < 1.29 is 4.74 Å². The molecule has 0 saturated carbocycles. The Hall–Kier alpha value is -0.690. The maximum atomic E-state index is 5.78. The molecular formula is C10H13ClO. The zero-order chi connectivity index (χ0) is 8.97. The number of rotatable bonds is 3. The average Bonchev–Trinajstić information content (AvgIpc) is 2.16. The number of ether oxygens (including phenoxy) is 1. The highest BCUT2D eigenvalue weighted by atomic mass is 35.5. The number of alkyl halides is 1. The van der Waals surface area contributed by atoms with E-state index in [1.807, 2.05) is 12.1 Å². The van der Waals surface area contributed by atoms with Crippen LogP contribution in [0.4, 0.5) is 0 Å². The van der Waals surface area contributed by atoms with Crippen molar-refractivity contribution in [1.29, 1.82) is 0 Å². The molecule has 0 heterocycles. The first kappa shape index (κ1) is 9.40. The molecule has 0 aromatic heterocycles. The van der Waals surface area contributed by atoms with Crippen molar-refractivity contribution in [3.8, 4) is 5.75 Å². The minimum Gasteiger partial charge on any atom is -0.497 e. The lowest BCUT2D eigenvalue weighted by Crippen LogP contribution is -1.91. The largest absolute Gasteiger partial charge is 0.497 e. The van der Waals surface area contributed by atoms with Gasteiger partial charge in [-0.05, 0) is 29.7 Å². The van der Waals surface area contributed by atoms with Gasteiger partial charge in [-0.25, -0.2) is 0 Å². The van der Waals surface area contributed by atoms with E-state index >= 15 is 0 Å². The summed E-state index contributed by atoms with van der Waals surface area (Å²) in [6, 6.07) is 6.03. The van der Waals surface area contributed by atoms with Crippen molar-refractivity contribution in [3.63, 3.8) is 0 Å². The average molecular weight is 185 g/mol. The first-order chi connectivity index (χ1) is 5.81. The van der Waals surface area contributed by atoms with Crippen LogP contribution >= 0.6 is 11.6 Å². The van der Waals surface area contributed by atoms with E-state index in [1.165, 1.54) is 11.1 Å². The van der Waals surface area contributed by atoms with Crippen LogP contribution in [0.3, 0.4) is 0 Å². The molecule has 0 aliphatic carbocycles. The van der Waals surface area contributed by atoms with Crippen molar-refractivity contribution >= 4 is 11.6 Å². The highest BCUT2D eigenvalue weighted by Gasteiger charge is 2.00. The highest BCUT2D eigenvalue weighted by Crippen LogP contribution is 2.19. The Morgan fingerprint density at radius 2 is 2.08 bits per heavy atom. The second-order valence-corrected chi connectivity index (χ2v) is 2.89. The summed E-state index contributed by atoms with van der Waals surface area (Å²) in [5, 5.41) is 0. The summed E-state index contributed by atoms with van der Waals surface area (Å²) < 4.78 is 5.10. The summed E-state index contributed by atoms with van der Waals surface area (Å²) in [6.45, 7) is 2.12. The van der Waals surface area contributed by atoms with Crippen LogP contribution in [0.1, 0.15) is 18.1 Å². The van der Waals surface area contributed by atoms with Gasteiger partial charge in [0.25, 0.3) is 0 Å². The molecule has 1 nitrogen and oxygen atoms in total. The molecule has 66 valence electrons. The van der Waals surface area contributed by atoms with Crippen LogP contribution in [-0.4, -0.2) is 7.11 Å². The van der Waals surface area contributed by atoms with Crippen molar-refractivity contribution in [2.75, 3.05) is 7.11 Å². The fraction of sp³-hybridized carbons (Fsp3) is 0.400. The van der Waals surface area contributed by atoms with Gasteiger partial charge in [0.05, 0.1) is 7.11 Å². The van der Waals surface area contributed by atoms with Gasteiger partial charge in [0, 0.05) is 5.88 Å². The monoisotopic (exact) mass is 184 g/mol. The predicted octanol–water partition coefficient (Wildman–Crippen LogP) is 3.00. The van der Waals surface area contributed by atoms with E-state index < -0.39 is 0 Å². The third-order valence-corrected chi connectivity index (χ3v) is 2.23. The van der Waals surface area contributed by atoms with Crippen LogP contribution in [-0.2, 0) is 12.3 Å². The molecule has 0 bridgehead atoms. The summed E-state index contributed by atoms with van der Waals surface area (Å²) in [5.74, 6) is 1.43. The smallest absolute Gasteiger partial charge is 0.119 e. The van der Waals surface area contributed by atoms with Gasteiger partial charge in [-0.3, -0.25) is 0 Å². The zero-order valence-corrected chi connectivity index (χ0v) is 8.19. The number of halogens is 1. The van der Waals surface area contributed by atoms with Gasteiger partial charge in [0.1, 0.15) is 5.75 Å². The normalized spacial score (nSPS) is 9.92. The molecular weight excluding hydrogens is 172 g/mol. The van der Waals surface area contributed by atoms with E-state index in [1.54, 1.807) is 7.11 Å². The first-order valence-corrected chi connectivity index (χ1v) is 4.57. The summed E-state index contributed by atoms with van der Waals surface area (Å²) in [6.07, 6.45) is 1.02. The Morgan fingerprint density at radius 1 is 1.33 bits per heavy atom. The molecule has 0 atom stereocenters. The van der Waals surface area contributed by atoms with Crippen molar-refractivity contribution in [2.24, 2.45) is 0 Å². The summed E-state index contributed by atoms with van der Waals surface area (Å²) >= 11 is 5.78. The molecule has 2 heteroatoms. The van der Waals surface area contributed by atoms with Crippen LogP contribution in [0.5, 0.6) is 5.75 Å². The van der Waals surface area contributed by atoms with E-state index in [-0.39, 0.29) is 0 Å². The molecule has 12 heavy (non-hydrogen) atoms. The first-order valence-electron chi connectivity index (χ1n) is 4.03. The van der Waals surface area contributed by atoms with E-state index in [2.05, 4.69) is 13.0 Å². The van der Waals surface area contributed by atoms with Crippen LogP contribution < -0.4 is 4.74 Å². The quantitative estimate of drug-likeness (QED) is 0.657. The summed E-state index contributed by atoms with van der Waals surface area (Å²) in [5.41, 5.74) is 2.46. The molecule has 0 amide bonds. The number of benzene rings is 1. The Kier molecular flexibility index (Phi) is 3.42. The number of methoxy groups -OCH3 is 1. The van der Waals surface area contributed by atoms with Crippen LogP contribution in [0.2, 0.25) is 0 Å². The van der Waals surface area contributed by atoms with Crippen molar-refractivity contribution in [1.82, 2.24) is 0 Å². The molecule has 1 rings (SSSR count). The molecule has 0 N–H and O–H groups in total. The molecule has 0 unspecified atom stereocenters. The van der Waals surface area contributed by atoms with Crippen LogP contribution in [0, 0.1) is 0 Å². The Balaban J connectivity index is 3.02. The standard InChI is InChI=1S/C10H13ClO/c1-3-8-4-5-10(12-2)6-9(8)7-11/h4-6H,3,7H2,1-2H3. The van der Waals surface area contributed by atoms with Crippen molar-refractivity contribution in [3.05, 3.63) is 29.3 Å². The van der Waals surface area contributed by atoms with E-state index in [0.717, 1.165) is 12.2 Å². The van der Waals surface area contributed by atoms with Gasteiger partial charge in [0.2, 0.25) is 0 Å². The maximum absolute atomic E-state index is 5.78. The summed E-state index contributed by atoms with van der Waals surface area (Å²) in [7, 11) is 1.67. The van der Waals surface area contributed by atoms with Gasteiger partial charge in [-0.15, -0.1) is 11.6 Å². The minimum atomic E-state index is 0.556. The highest BCUT2D eigenvalue weighted by molar-refractivity contribution is 6.17. The maximum Gasteiger partial charge on any atom is 0.119 e. The Morgan fingerprint density at radius 3 is 2.58 bits per heavy atom. The Labute approximate surface area is 78.3 Å². The fourth-order valence-electron chi connectivity index (χ4n) is 1.20. The van der Waals surface area contributed by atoms with E-state index in [9.17, 15) is 0 Å². The topological polar surface area (TPSA) is 9.23 Å². The van der Waals surface area contributed by atoms with Gasteiger partial charge in [-0.2, -0.15) is 0 Å². The molecule has 0 radical (unpaired) electrons. The number of hydrogen-bond donors (Lipinski definition) is 0. The number of hydrogen-bond acceptors (Lipinski definition) is 1. The number of aryl methyl sites for hydroxylation is 1. The predicted molar refractivity (Wildman–Crippen MR) is 51.9 cm³/mol. The molecule has 1 aromatic carbocycles. The zero-order valence-electron chi connectivity index (χ0n) is 7.43. The third kappa shape index (κ3) is 1.92. The lowest BCUT2D eigenvalue weighted by atomic mass is 10.1. The molecule has 0 spiro atoms. The lowest BCUT2D eigenvalue weighted by Gasteiger charge is -2.06. The van der Waals surface area contributed by atoms with Gasteiger partial charge in [0.15, 0.2) is 0 Å². The molecule has 0 saturated heterocycles. The van der Waals surface area contributed by atoms with Crippen LogP contribution in [0.25, 0.3) is 0 Å². The van der Waals surface area contributed by atoms with Gasteiger partial charge < -0.3 is 4.74 Å². The second-order valence-electron chi connectivity index (χ2n) is 2.62. The second kappa shape index (κ2) is 4.36. The minimum absolute atomic E-state index is 0.556. The SMILES string of the molecule is CCc1ccc(OC)cc1CCl. The van der Waals surface area contributed by atoms with Crippen LogP contribution in [0.15, 0.2) is 18.2 Å². The molecule has 1 aromatic rings. The Bertz CT molecular complexity index is 258. The molecule has 0 fully saturated rings. The van der Waals surface area contributed by atoms with Gasteiger partial charge >= 0.3 is 0 Å². The molecule has 0 aliphatic heterocycles. The van der Waals surface area contributed by atoms with Gasteiger partial charge in [-0.1, -0.05) is 13.0 Å². The summed E-state index contributed by atoms with van der Waals surface area (Å²) in [4.78, 5) is 0. The van der Waals surface area contributed by atoms with Crippen molar-refractivity contribution in [2.45, 2.75) is 19.2 Å². The molecule has 0 aliphatic rings. The third-order valence-electron chi connectivity index (χ3n) is 1.94. The lowest BCUT2D eigenvalue weighted by molar-refractivity contribution is 0.414.